The van der Waals surface area contributed by atoms with Gasteiger partial charge in [0.15, 0.2) is 0 Å². The van der Waals surface area contributed by atoms with Gasteiger partial charge in [0.2, 0.25) is 0 Å². The van der Waals surface area contributed by atoms with Crippen LogP contribution < -0.4 is 5.32 Å². The van der Waals surface area contributed by atoms with Crippen LogP contribution in [0.15, 0.2) is 91.0 Å². The molecular formula is C26H30N2. The Hall–Kier alpha value is -2.42. The first kappa shape index (κ1) is 18.9. The first-order chi connectivity index (χ1) is 13.9. The van der Waals surface area contributed by atoms with E-state index in [9.17, 15) is 0 Å². The molecule has 3 aromatic rings. The number of piperidine rings is 1. The lowest BCUT2D eigenvalue weighted by Gasteiger charge is -2.35. The third-order valence-electron chi connectivity index (χ3n) is 5.82. The van der Waals surface area contributed by atoms with E-state index in [2.05, 4.69) is 101 Å². The van der Waals surface area contributed by atoms with Gasteiger partial charge >= 0.3 is 0 Å². The largest absolute Gasteiger partial charge is 0.303 e. The molecule has 0 unspecified atom stereocenters. The predicted octanol–water partition coefficient (Wildman–Crippen LogP) is 5.07. The fourth-order valence-corrected chi connectivity index (χ4v) is 4.17. The molecule has 0 saturated carbocycles. The zero-order chi connectivity index (χ0) is 19.0. The molecule has 1 aliphatic heterocycles. The Morgan fingerprint density at radius 3 is 1.75 bits per heavy atom. The summed E-state index contributed by atoms with van der Waals surface area (Å²) in [5, 5.41) is 3.96. The minimum Gasteiger partial charge on any atom is -0.303 e. The standard InChI is InChI=1S/C26H30N2/c1-4-10-22(11-5-1)16-19-28-20-17-25(18-21-28)27-26(23-12-6-2-7-13-23)24-14-8-3-9-15-24/h1-15,25-27H,16-21H2. The maximum Gasteiger partial charge on any atom is 0.0578 e. The van der Waals surface area contributed by atoms with Crippen LogP contribution in [0.25, 0.3) is 0 Å². The molecule has 1 N–H and O–H groups in total. The van der Waals surface area contributed by atoms with Crippen molar-refractivity contribution in [2.24, 2.45) is 0 Å². The van der Waals surface area contributed by atoms with Crippen molar-refractivity contribution in [3.8, 4) is 0 Å². The minimum atomic E-state index is 0.267. The topological polar surface area (TPSA) is 15.3 Å². The molecule has 1 aliphatic rings. The van der Waals surface area contributed by atoms with Crippen LogP contribution in [0.5, 0.6) is 0 Å². The van der Waals surface area contributed by atoms with Crippen LogP contribution in [-0.4, -0.2) is 30.6 Å². The summed E-state index contributed by atoms with van der Waals surface area (Å²) in [5.41, 5.74) is 4.14. The Balaban J connectivity index is 1.34. The second kappa shape index (κ2) is 9.68. The molecule has 0 radical (unpaired) electrons. The monoisotopic (exact) mass is 370 g/mol. The molecular weight excluding hydrogens is 340 g/mol. The van der Waals surface area contributed by atoms with E-state index in [1.807, 2.05) is 0 Å². The van der Waals surface area contributed by atoms with Crippen molar-refractivity contribution in [1.82, 2.24) is 10.2 Å². The van der Waals surface area contributed by atoms with E-state index in [-0.39, 0.29) is 6.04 Å². The second-order valence-electron chi connectivity index (χ2n) is 7.77. The SMILES string of the molecule is c1ccc(CCN2CCC(NC(c3ccccc3)c3ccccc3)CC2)cc1. The maximum absolute atomic E-state index is 3.96. The van der Waals surface area contributed by atoms with Gasteiger partial charge in [-0.05, 0) is 49.0 Å². The van der Waals surface area contributed by atoms with Crippen molar-refractivity contribution in [2.45, 2.75) is 31.3 Å². The number of rotatable bonds is 7. The second-order valence-corrected chi connectivity index (χ2v) is 7.77. The summed E-state index contributed by atoms with van der Waals surface area (Å²) in [7, 11) is 0. The van der Waals surface area contributed by atoms with Crippen LogP contribution in [0.3, 0.4) is 0 Å². The molecule has 1 saturated heterocycles. The highest BCUT2D eigenvalue weighted by atomic mass is 15.1. The molecule has 28 heavy (non-hydrogen) atoms. The number of hydrogen-bond donors (Lipinski definition) is 1. The first-order valence-corrected chi connectivity index (χ1v) is 10.5. The van der Waals surface area contributed by atoms with E-state index in [0.717, 1.165) is 13.0 Å². The Kier molecular flexibility index (Phi) is 6.54. The molecule has 1 heterocycles. The van der Waals surface area contributed by atoms with E-state index in [4.69, 9.17) is 0 Å². The van der Waals surface area contributed by atoms with Crippen molar-refractivity contribution in [3.05, 3.63) is 108 Å². The minimum absolute atomic E-state index is 0.267. The van der Waals surface area contributed by atoms with E-state index in [1.165, 1.54) is 42.6 Å². The van der Waals surface area contributed by atoms with Gasteiger partial charge in [0, 0.05) is 12.6 Å². The molecule has 4 rings (SSSR count). The zero-order valence-corrected chi connectivity index (χ0v) is 16.5. The molecule has 0 bridgehead atoms. The smallest absolute Gasteiger partial charge is 0.0578 e. The average molecular weight is 371 g/mol. The average Bonchev–Trinajstić information content (AvgIpc) is 2.79. The van der Waals surface area contributed by atoms with Crippen LogP contribution in [-0.2, 0) is 6.42 Å². The predicted molar refractivity (Wildman–Crippen MR) is 117 cm³/mol. The number of likely N-dealkylation sites (tertiary alicyclic amines) is 1. The summed E-state index contributed by atoms with van der Waals surface area (Å²) in [6.45, 7) is 3.53. The van der Waals surface area contributed by atoms with Gasteiger partial charge < -0.3 is 10.2 Å². The van der Waals surface area contributed by atoms with Crippen molar-refractivity contribution in [1.29, 1.82) is 0 Å². The molecule has 0 amide bonds. The summed E-state index contributed by atoms with van der Waals surface area (Å²) in [5.74, 6) is 0. The van der Waals surface area contributed by atoms with Crippen LogP contribution in [0, 0.1) is 0 Å². The van der Waals surface area contributed by atoms with Crippen molar-refractivity contribution >= 4 is 0 Å². The summed E-state index contributed by atoms with van der Waals surface area (Å²) in [6, 6.07) is 33.4. The highest BCUT2D eigenvalue weighted by Gasteiger charge is 2.23. The van der Waals surface area contributed by atoms with Crippen LogP contribution >= 0.6 is 0 Å². The normalized spacial score (nSPS) is 15.8. The zero-order valence-electron chi connectivity index (χ0n) is 16.5. The molecule has 0 aromatic heterocycles. The molecule has 3 aromatic carbocycles. The third kappa shape index (κ3) is 5.09. The lowest BCUT2D eigenvalue weighted by molar-refractivity contribution is 0.195. The van der Waals surface area contributed by atoms with E-state index >= 15 is 0 Å². The van der Waals surface area contributed by atoms with Gasteiger partial charge in [-0.1, -0.05) is 91.0 Å². The first-order valence-electron chi connectivity index (χ1n) is 10.5. The van der Waals surface area contributed by atoms with E-state index < -0.39 is 0 Å². The lowest BCUT2D eigenvalue weighted by atomic mass is 9.95. The van der Waals surface area contributed by atoms with Crippen molar-refractivity contribution in [3.63, 3.8) is 0 Å². The number of hydrogen-bond acceptors (Lipinski definition) is 2. The Morgan fingerprint density at radius 2 is 1.21 bits per heavy atom. The summed E-state index contributed by atoms with van der Waals surface area (Å²) in [6.07, 6.45) is 3.57. The van der Waals surface area contributed by atoms with Crippen molar-refractivity contribution < 1.29 is 0 Å². The Labute approximate surface area is 169 Å². The fraction of sp³-hybridized carbons (Fsp3) is 0.308. The Morgan fingerprint density at radius 1 is 0.714 bits per heavy atom. The van der Waals surface area contributed by atoms with Crippen LogP contribution in [0.1, 0.15) is 35.6 Å². The summed E-state index contributed by atoms with van der Waals surface area (Å²) in [4.78, 5) is 2.62. The van der Waals surface area contributed by atoms with Crippen molar-refractivity contribution in [2.75, 3.05) is 19.6 Å². The van der Waals surface area contributed by atoms with Gasteiger partial charge in [-0.2, -0.15) is 0 Å². The van der Waals surface area contributed by atoms with Crippen LogP contribution in [0.2, 0.25) is 0 Å². The molecule has 2 nitrogen and oxygen atoms in total. The molecule has 2 heteroatoms. The van der Waals surface area contributed by atoms with Gasteiger partial charge in [-0.15, -0.1) is 0 Å². The molecule has 0 spiro atoms. The van der Waals surface area contributed by atoms with Gasteiger partial charge in [0.1, 0.15) is 0 Å². The van der Waals surface area contributed by atoms with Gasteiger partial charge in [-0.25, -0.2) is 0 Å². The third-order valence-corrected chi connectivity index (χ3v) is 5.82. The highest BCUT2D eigenvalue weighted by molar-refractivity contribution is 5.31. The molecule has 0 aliphatic carbocycles. The summed E-state index contributed by atoms with van der Waals surface area (Å²) < 4.78 is 0. The molecule has 1 fully saturated rings. The van der Waals surface area contributed by atoms with Gasteiger partial charge in [-0.3, -0.25) is 0 Å². The van der Waals surface area contributed by atoms with Gasteiger partial charge in [0.05, 0.1) is 6.04 Å². The van der Waals surface area contributed by atoms with E-state index in [0.29, 0.717) is 6.04 Å². The van der Waals surface area contributed by atoms with E-state index in [1.54, 1.807) is 0 Å². The van der Waals surface area contributed by atoms with Gasteiger partial charge in [0.25, 0.3) is 0 Å². The Bertz CT molecular complexity index is 769. The molecule has 0 atom stereocenters. The lowest BCUT2D eigenvalue weighted by Crippen LogP contribution is -2.44. The quantitative estimate of drug-likeness (QED) is 0.624. The molecule has 144 valence electrons. The van der Waals surface area contributed by atoms with Crippen LogP contribution in [0.4, 0.5) is 0 Å². The fourth-order valence-electron chi connectivity index (χ4n) is 4.17. The highest BCUT2D eigenvalue weighted by Crippen LogP contribution is 2.24. The number of nitrogens with zero attached hydrogens (tertiary/aromatic N) is 1. The number of nitrogens with one attached hydrogen (secondary N) is 1. The maximum atomic E-state index is 3.96. The summed E-state index contributed by atoms with van der Waals surface area (Å²) >= 11 is 0. The number of benzene rings is 3.